The van der Waals surface area contributed by atoms with Crippen LogP contribution in [0.5, 0.6) is 5.75 Å². The lowest BCUT2D eigenvalue weighted by molar-refractivity contribution is 0.304. The number of halogens is 2. The van der Waals surface area contributed by atoms with Gasteiger partial charge in [0.25, 0.3) is 0 Å². The van der Waals surface area contributed by atoms with Crippen LogP contribution in [0.3, 0.4) is 0 Å². The molecule has 0 fully saturated rings. The standard InChI is InChI=1S/C34H33Cl2N3O/c1-2-3-4-5-6-10-23-40-30-20-17-27(18-21-30)34-38-37-33(39(34)29-11-8-7-9-12-29)26-15-13-25(14-16-26)31-24-28(35)19-22-32(31)36/h7-9,11-22,24H,2-6,10,23H2,1H3. The highest BCUT2D eigenvalue weighted by Gasteiger charge is 2.17. The number of benzene rings is 4. The van der Waals surface area contributed by atoms with Gasteiger partial charge in [0.05, 0.1) is 6.61 Å². The van der Waals surface area contributed by atoms with E-state index in [2.05, 4.69) is 33.8 Å². The fourth-order valence-electron chi connectivity index (χ4n) is 4.77. The van der Waals surface area contributed by atoms with Gasteiger partial charge in [0, 0.05) is 32.4 Å². The fraction of sp³-hybridized carbons (Fsp3) is 0.235. The molecule has 0 aliphatic heterocycles. The number of ether oxygens (including phenoxy) is 1. The Morgan fingerprint density at radius 2 is 1.25 bits per heavy atom. The highest BCUT2D eigenvalue weighted by molar-refractivity contribution is 6.35. The van der Waals surface area contributed by atoms with Gasteiger partial charge in [-0.25, -0.2) is 0 Å². The van der Waals surface area contributed by atoms with E-state index in [1.165, 1.54) is 32.1 Å². The molecule has 0 N–H and O–H groups in total. The van der Waals surface area contributed by atoms with Crippen LogP contribution in [0.4, 0.5) is 0 Å². The van der Waals surface area contributed by atoms with Gasteiger partial charge >= 0.3 is 0 Å². The minimum absolute atomic E-state index is 0.649. The molecule has 0 saturated carbocycles. The third-order valence-electron chi connectivity index (χ3n) is 6.94. The predicted octanol–water partition coefficient (Wildman–Crippen LogP) is 10.3. The quantitative estimate of drug-likeness (QED) is 0.140. The molecule has 40 heavy (non-hydrogen) atoms. The second kappa shape index (κ2) is 13.6. The van der Waals surface area contributed by atoms with Crippen molar-refractivity contribution < 1.29 is 4.74 Å². The number of nitrogens with zero attached hydrogens (tertiary/aromatic N) is 3. The molecule has 4 aromatic carbocycles. The molecule has 0 saturated heterocycles. The second-order valence-electron chi connectivity index (χ2n) is 9.86. The fourth-order valence-corrected chi connectivity index (χ4v) is 5.17. The van der Waals surface area contributed by atoms with Crippen molar-refractivity contribution in [3.8, 4) is 45.3 Å². The predicted molar refractivity (Wildman–Crippen MR) is 167 cm³/mol. The highest BCUT2D eigenvalue weighted by Crippen LogP contribution is 2.34. The molecule has 204 valence electrons. The summed E-state index contributed by atoms with van der Waals surface area (Å²) in [6.45, 7) is 2.99. The van der Waals surface area contributed by atoms with E-state index in [1.54, 1.807) is 6.07 Å². The lowest BCUT2D eigenvalue weighted by Gasteiger charge is -2.12. The largest absolute Gasteiger partial charge is 0.494 e. The molecule has 5 aromatic rings. The van der Waals surface area contributed by atoms with Crippen LogP contribution in [0.2, 0.25) is 10.0 Å². The summed E-state index contributed by atoms with van der Waals surface area (Å²) in [5, 5.41) is 10.5. The topological polar surface area (TPSA) is 39.9 Å². The number of para-hydroxylation sites is 1. The molecule has 1 aromatic heterocycles. The Hall–Kier alpha value is -3.60. The van der Waals surface area contributed by atoms with E-state index in [-0.39, 0.29) is 0 Å². The third kappa shape index (κ3) is 6.75. The summed E-state index contributed by atoms with van der Waals surface area (Å²) in [5.41, 5.74) is 4.78. The van der Waals surface area contributed by atoms with Crippen molar-refractivity contribution in [3.63, 3.8) is 0 Å². The van der Waals surface area contributed by atoms with Crippen molar-refractivity contribution in [3.05, 3.63) is 107 Å². The summed E-state index contributed by atoms with van der Waals surface area (Å²) in [7, 11) is 0. The zero-order valence-corrected chi connectivity index (χ0v) is 24.2. The van der Waals surface area contributed by atoms with Crippen LogP contribution in [0.25, 0.3) is 39.6 Å². The highest BCUT2D eigenvalue weighted by atomic mass is 35.5. The van der Waals surface area contributed by atoms with Crippen LogP contribution >= 0.6 is 23.2 Å². The van der Waals surface area contributed by atoms with Crippen LogP contribution in [-0.2, 0) is 0 Å². The van der Waals surface area contributed by atoms with Crippen molar-refractivity contribution in [2.45, 2.75) is 45.4 Å². The van der Waals surface area contributed by atoms with E-state index in [4.69, 9.17) is 27.9 Å². The molecule has 0 unspecified atom stereocenters. The number of hydrogen-bond donors (Lipinski definition) is 0. The molecule has 0 bridgehead atoms. The molecule has 0 aliphatic carbocycles. The smallest absolute Gasteiger partial charge is 0.168 e. The van der Waals surface area contributed by atoms with Crippen LogP contribution in [0, 0.1) is 0 Å². The molecule has 0 atom stereocenters. The maximum absolute atomic E-state index is 6.44. The molecule has 5 rings (SSSR count). The Kier molecular flexibility index (Phi) is 9.54. The summed E-state index contributed by atoms with van der Waals surface area (Å²) < 4.78 is 8.09. The molecule has 6 heteroatoms. The number of hydrogen-bond acceptors (Lipinski definition) is 3. The second-order valence-corrected chi connectivity index (χ2v) is 10.7. The molecule has 0 amide bonds. The summed E-state index contributed by atoms with van der Waals surface area (Å²) in [6.07, 6.45) is 7.49. The summed E-state index contributed by atoms with van der Waals surface area (Å²) in [5.74, 6) is 2.40. The first kappa shape index (κ1) is 27.9. The molecule has 0 radical (unpaired) electrons. The Labute approximate surface area is 246 Å². The van der Waals surface area contributed by atoms with E-state index < -0.39 is 0 Å². The summed E-state index contributed by atoms with van der Waals surface area (Å²) in [4.78, 5) is 0. The van der Waals surface area contributed by atoms with Gasteiger partial charge in [0.2, 0.25) is 0 Å². The van der Waals surface area contributed by atoms with Crippen LogP contribution < -0.4 is 4.74 Å². The summed E-state index contributed by atoms with van der Waals surface area (Å²) in [6, 6.07) is 31.9. The third-order valence-corrected chi connectivity index (χ3v) is 7.50. The first-order valence-corrected chi connectivity index (χ1v) is 14.7. The molecule has 0 aliphatic rings. The molecular formula is C34H33Cl2N3O. The van der Waals surface area contributed by atoms with Crippen molar-refractivity contribution >= 4 is 23.2 Å². The number of aromatic nitrogens is 3. The number of unbranched alkanes of at least 4 members (excludes halogenated alkanes) is 5. The average molecular weight is 571 g/mol. The molecule has 1 heterocycles. The Balaban J connectivity index is 1.38. The van der Waals surface area contributed by atoms with E-state index in [0.29, 0.717) is 10.0 Å². The normalized spacial score (nSPS) is 11.1. The molecular weight excluding hydrogens is 537 g/mol. The van der Waals surface area contributed by atoms with Crippen molar-refractivity contribution in [1.29, 1.82) is 0 Å². The van der Waals surface area contributed by atoms with Crippen LogP contribution in [0.1, 0.15) is 45.4 Å². The lowest BCUT2D eigenvalue weighted by atomic mass is 10.0. The van der Waals surface area contributed by atoms with Crippen LogP contribution in [-0.4, -0.2) is 21.4 Å². The minimum atomic E-state index is 0.649. The number of rotatable bonds is 12. The van der Waals surface area contributed by atoms with E-state index in [0.717, 1.165) is 58.4 Å². The van der Waals surface area contributed by atoms with Gasteiger partial charge in [-0.1, -0.05) is 105 Å². The van der Waals surface area contributed by atoms with Gasteiger partial charge in [0.1, 0.15) is 5.75 Å². The monoisotopic (exact) mass is 569 g/mol. The zero-order valence-electron chi connectivity index (χ0n) is 22.7. The van der Waals surface area contributed by atoms with Crippen molar-refractivity contribution in [2.24, 2.45) is 0 Å². The average Bonchev–Trinajstić information content (AvgIpc) is 3.44. The van der Waals surface area contributed by atoms with E-state index in [9.17, 15) is 0 Å². The first-order valence-electron chi connectivity index (χ1n) is 13.9. The lowest BCUT2D eigenvalue weighted by Crippen LogP contribution is -2.01. The SMILES string of the molecule is CCCCCCCCOc1ccc(-c2nnc(-c3ccc(-c4cc(Cl)ccc4Cl)cc3)n2-c2ccccc2)cc1. The van der Waals surface area contributed by atoms with Crippen molar-refractivity contribution in [2.75, 3.05) is 6.61 Å². The first-order chi connectivity index (χ1) is 19.6. The maximum atomic E-state index is 6.44. The van der Waals surface area contributed by atoms with Crippen molar-refractivity contribution in [1.82, 2.24) is 14.8 Å². The molecule has 4 nitrogen and oxygen atoms in total. The van der Waals surface area contributed by atoms with Gasteiger partial charge in [0.15, 0.2) is 11.6 Å². The van der Waals surface area contributed by atoms with Gasteiger partial charge in [-0.15, -0.1) is 10.2 Å². The Morgan fingerprint density at radius 3 is 1.93 bits per heavy atom. The van der Waals surface area contributed by atoms with Crippen LogP contribution in [0.15, 0.2) is 97.1 Å². The molecule has 0 spiro atoms. The van der Waals surface area contributed by atoms with Gasteiger partial charge in [-0.3, -0.25) is 4.57 Å². The minimum Gasteiger partial charge on any atom is -0.494 e. The zero-order chi connectivity index (χ0) is 27.7. The van der Waals surface area contributed by atoms with Gasteiger partial charge in [-0.2, -0.15) is 0 Å². The van der Waals surface area contributed by atoms with Gasteiger partial charge in [-0.05, 0) is 66.6 Å². The van der Waals surface area contributed by atoms with Gasteiger partial charge < -0.3 is 4.74 Å². The Morgan fingerprint density at radius 1 is 0.650 bits per heavy atom. The van der Waals surface area contributed by atoms with E-state index in [1.807, 2.05) is 78.9 Å². The van der Waals surface area contributed by atoms with E-state index >= 15 is 0 Å². The summed E-state index contributed by atoms with van der Waals surface area (Å²) >= 11 is 12.7. The Bertz CT molecular complexity index is 1510. The maximum Gasteiger partial charge on any atom is 0.168 e.